The fraction of sp³-hybridized carbons (Fsp3) is 0.333. The molecule has 1 aromatic carbocycles. The smallest absolute Gasteiger partial charge is 0.226 e. The maximum atomic E-state index is 14.5. The number of hydrogen-bond donors (Lipinski definition) is 1. The number of fused-ring (bicyclic) bond motifs is 1. The molecular formula is C21H21FN6O. The van der Waals surface area contributed by atoms with Gasteiger partial charge in [-0.2, -0.15) is 9.78 Å². The molecule has 8 heteroatoms. The number of carbonyl (C=O) groups is 1. The summed E-state index contributed by atoms with van der Waals surface area (Å²) in [7, 11) is 0. The van der Waals surface area contributed by atoms with Gasteiger partial charge < -0.3 is 10.2 Å². The molecule has 4 heterocycles. The van der Waals surface area contributed by atoms with E-state index in [1.165, 1.54) is 18.9 Å². The van der Waals surface area contributed by atoms with Gasteiger partial charge in [0.05, 0.1) is 5.69 Å². The lowest BCUT2D eigenvalue weighted by atomic mass is 9.85. The Kier molecular flexibility index (Phi) is 4.26. The number of aryl methyl sites for hydroxylation is 1. The standard InChI is InChI=1S/C21H21FN6O/c1-13-20-15(14-6-2-3-7-16(14)22)12-19(29)23-21(20)28(26-13)18-9-8-17(24-25-18)27-10-4-5-11-27/h2-3,6-9,15H,4-5,10-12H2,1H3,(H,23,29). The van der Waals surface area contributed by atoms with Crippen molar-refractivity contribution < 1.29 is 9.18 Å². The Balaban J connectivity index is 1.56. The van der Waals surface area contributed by atoms with E-state index >= 15 is 0 Å². The molecule has 0 aliphatic carbocycles. The third kappa shape index (κ3) is 3.04. The predicted molar refractivity (Wildman–Crippen MR) is 107 cm³/mol. The molecule has 5 rings (SSSR count). The zero-order valence-corrected chi connectivity index (χ0v) is 16.1. The number of benzene rings is 1. The minimum atomic E-state index is -0.384. The minimum absolute atomic E-state index is 0.173. The van der Waals surface area contributed by atoms with E-state index in [-0.39, 0.29) is 24.1 Å². The fourth-order valence-electron chi connectivity index (χ4n) is 4.28. The molecule has 1 atom stereocenters. The Bertz CT molecular complexity index is 1070. The van der Waals surface area contributed by atoms with E-state index in [1.807, 2.05) is 19.1 Å². The number of hydrogen-bond acceptors (Lipinski definition) is 5. The molecule has 1 fully saturated rings. The topological polar surface area (TPSA) is 75.9 Å². The first-order chi connectivity index (χ1) is 14.1. The van der Waals surface area contributed by atoms with Crippen LogP contribution in [0.15, 0.2) is 36.4 Å². The second-order valence-corrected chi connectivity index (χ2v) is 7.53. The molecule has 148 valence electrons. The molecule has 2 aliphatic rings. The van der Waals surface area contributed by atoms with Crippen LogP contribution in [0, 0.1) is 12.7 Å². The molecule has 1 saturated heterocycles. The maximum absolute atomic E-state index is 14.5. The van der Waals surface area contributed by atoms with Crippen LogP contribution in [0.1, 0.15) is 42.0 Å². The van der Waals surface area contributed by atoms with Crippen molar-refractivity contribution in [1.29, 1.82) is 0 Å². The van der Waals surface area contributed by atoms with Crippen LogP contribution < -0.4 is 10.2 Å². The lowest BCUT2D eigenvalue weighted by Gasteiger charge is -2.24. The summed E-state index contributed by atoms with van der Waals surface area (Å²) in [5.74, 6) is 1.03. The van der Waals surface area contributed by atoms with Crippen molar-refractivity contribution in [2.24, 2.45) is 0 Å². The van der Waals surface area contributed by atoms with E-state index in [4.69, 9.17) is 0 Å². The van der Waals surface area contributed by atoms with Gasteiger partial charge in [0.25, 0.3) is 0 Å². The van der Waals surface area contributed by atoms with Gasteiger partial charge in [-0.15, -0.1) is 10.2 Å². The first-order valence-electron chi connectivity index (χ1n) is 9.84. The van der Waals surface area contributed by atoms with Gasteiger partial charge in [-0.1, -0.05) is 18.2 Å². The molecule has 0 bridgehead atoms. The molecule has 7 nitrogen and oxygen atoms in total. The zero-order chi connectivity index (χ0) is 20.0. The summed E-state index contributed by atoms with van der Waals surface area (Å²) in [6.07, 6.45) is 2.51. The van der Waals surface area contributed by atoms with Gasteiger partial charge in [0.2, 0.25) is 5.91 Å². The molecule has 1 amide bonds. The number of halogens is 1. The Morgan fingerprint density at radius 2 is 1.79 bits per heavy atom. The van der Waals surface area contributed by atoms with Gasteiger partial charge in [-0.25, -0.2) is 4.39 Å². The lowest BCUT2D eigenvalue weighted by Crippen LogP contribution is -2.25. The number of aromatic nitrogens is 4. The average Bonchev–Trinajstić information content (AvgIpc) is 3.37. The molecular weight excluding hydrogens is 371 g/mol. The number of nitrogens with one attached hydrogen (secondary N) is 1. The lowest BCUT2D eigenvalue weighted by molar-refractivity contribution is -0.116. The van der Waals surface area contributed by atoms with Crippen LogP contribution in [-0.4, -0.2) is 39.0 Å². The highest BCUT2D eigenvalue weighted by molar-refractivity contribution is 5.95. The van der Waals surface area contributed by atoms with Crippen LogP contribution >= 0.6 is 0 Å². The second kappa shape index (κ2) is 6.95. The SMILES string of the molecule is Cc1nn(-c2ccc(N3CCCC3)nn2)c2c1C(c1ccccc1F)CC(=O)N2. The van der Waals surface area contributed by atoms with E-state index in [0.717, 1.165) is 30.2 Å². The van der Waals surface area contributed by atoms with Crippen molar-refractivity contribution in [1.82, 2.24) is 20.0 Å². The Morgan fingerprint density at radius 1 is 1.07 bits per heavy atom. The highest BCUT2D eigenvalue weighted by Crippen LogP contribution is 2.40. The quantitative estimate of drug-likeness (QED) is 0.741. The minimum Gasteiger partial charge on any atom is -0.355 e. The van der Waals surface area contributed by atoms with Crippen molar-refractivity contribution in [3.63, 3.8) is 0 Å². The molecule has 1 N–H and O–H groups in total. The van der Waals surface area contributed by atoms with Crippen molar-refractivity contribution in [2.75, 3.05) is 23.3 Å². The third-order valence-electron chi connectivity index (χ3n) is 5.67. The Hall–Kier alpha value is -3.29. The van der Waals surface area contributed by atoms with E-state index in [1.54, 1.807) is 22.9 Å². The largest absolute Gasteiger partial charge is 0.355 e. The Morgan fingerprint density at radius 3 is 2.52 bits per heavy atom. The molecule has 2 aliphatic heterocycles. The highest BCUT2D eigenvalue weighted by atomic mass is 19.1. The summed E-state index contributed by atoms with van der Waals surface area (Å²) < 4.78 is 16.1. The van der Waals surface area contributed by atoms with Crippen molar-refractivity contribution in [3.05, 3.63) is 59.0 Å². The summed E-state index contributed by atoms with van der Waals surface area (Å²) >= 11 is 0. The molecule has 1 unspecified atom stereocenters. The van der Waals surface area contributed by atoms with E-state index in [0.29, 0.717) is 17.2 Å². The number of nitrogens with zero attached hydrogens (tertiary/aromatic N) is 5. The van der Waals surface area contributed by atoms with Crippen molar-refractivity contribution >= 4 is 17.5 Å². The van der Waals surface area contributed by atoms with Gasteiger partial charge in [0, 0.05) is 31.0 Å². The predicted octanol–water partition coefficient (Wildman–Crippen LogP) is 3.18. The average molecular weight is 392 g/mol. The van der Waals surface area contributed by atoms with Gasteiger partial charge in [-0.3, -0.25) is 4.79 Å². The normalized spacial score (nSPS) is 18.6. The van der Waals surface area contributed by atoms with Gasteiger partial charge >= 0.3 is 0 Å². The highest BCUT2D eigenvalue weighted by Gasteiger charge is 2.34. The number of rotatable bonds is 3. The number of amides is 1. The van der Waals surface area contributed by atoms with Crippen LogP contribution in [0.4, 0.5) is 16.0 Å². The van der Waals surface area contributed by atoms with Crippen molar-refractivity contribution in [3.8, 4) is 5.82 Å². The first-order valence-corrected chi connectivity index (χ1v) is 9.84. The molecule has 3 aromatic rings. The van der Waals surface area contributed by atoms with Crippen molar-refractivity contribution in [2.45, 2.75) is 32.1 Å². The molecule has 29 heavy (non-hydrogen) atoms. The Labute approximate surface area is 167 Å². The van der Waals surface area contributed by atoms with Gasteiger partial charge in [0.15, 0.2) is 11.6 Å². The van der Waals surface area contributed by atoms with Crippen LogP contribution in [0.3, 0.4) is 0 Å². The summed E-state index contributed by atoms with van der Waals surface area (Å²) in [6, 6.07) is 10.4. The second-order valence-electron chi connectivity index (χ2n) is 7.53. The van der Waals surface area contributed by atoms with E-state index < -0.39 is 0 Å². The number of anilines is 2. The third-order valence-corrected chi connectivity index (χ3v) is 5.67. The van der Waals surface area contributed by atoms with E-state index in [2.05, 4.69) is 25.5 Å². The van der Waals surface area contributed by atoms with Gasteiger partial charge in [-0.05, 0) is 43.5 Å². The van der Waals surface area contributed by atoms with Crippen LogP contribution in [0.5, 0.6) is 0 Å². The van der Waals surface area contributed by atoms with Crippen LogP contribution in [0.25, 0.3) is 5.82 Å². The number of carbonyl (C=O) groups excluding carboxylic acids is 1. The van der Waals surface area contributed by atoms with Crippen LogP contribution in [0.2, 0.25) is 0 Å². The fourth-order valence-corrected chi connectivity index (χ4v) is 4.28. The summed E-state index contributed by atoms with van der Waals surface area (Å²) in [4.78, 5) is 14.6. The van der Waals surface area contributed by atoms with Crippen LogP contribution in [-0.2, 0) is 4.79 Å². The molecule has 0 saturated carbocycles. The summed E-state index contributed by atoms with van der Waals surface area (Å²) in [5, 5.41) is 16.2. The van der Waals surface area contributed by atoms with Gasteiger partial charge in [0.1, 0.15) is 11.6 Å². The maximum Gasteiger partial charge on any atom is 0.226 e. The van der Waals surface area contributed by atoms with E-state index in [9.17, 15) is 9.18 Å². The molecule has 0 spiro atoms. The molecule has 2 aromatic heterocycles. The first kappa shape index (κ1) is 17.8. The monoisotopic (exact) mass is 392 g/mol. The summed E-state index contributed by atoms with van der Waals surface area (Å²) in [6.45, 7) is 3.85. The zero-order valence-electron chi connectivity index (χ0n) is 16.1. The summed E-state index contributed by atoms with van der Waals surface area (Å²) in [5.41, 5.74) is 2.06. The molecule has 0 radical (unpaired) electrons.